The van der Waals surface area contributed by atoms with Crippen molar-refractivity contribution in [2.45, 2.75) is 44.8 Å². The molecule has 2 rings (SSSR count). The molecule has 24 heavy (non-hydrogen) atoms. The van der Waals surface area contributed by atoms with Gasteiger partial charge in [0.15, 0.2) is 0 Å². The molecule has 0 aromatic heterocycles. The number of ether oxygens (including phenoxy) is 1. The third-order valence-corrected chi connectivity index (χ3v) is 3.88. The van der Waals surface area contributed by atoms with Crippen molar-refractivity contribution >= 4 is 11.8 Å². The SMILES string of the molecule is CC(C)(C)OC(=O)N1CCC(O)(CNc2ccc(F)cc2F)CC1. The van der Waals surface area contributed by atoms with Gasteiger partial charge in [-0.15, -0.1) is 0 Å². The number of aliphatic hydroxyl groups is 1. The first kappa shape index (κ1) is 18.4. The topological polar surface area (TPSA) is 61.8 Å². The molecule has 1 saturated heterocycles. The maximum atomic E-state index is 13.6. The molecule has 1 aromatic rings. The van der Waals surface area contributed by atoms with Crippen LogP contribution in [0.25, 0.3) is 0 Å². The molecule has 1 fully saturated rings. The molecule has 2 N–H and O–H groups in total. The highest BCUT2D eigenvalue weighted by Gasteiger charge is 2.35. The zero-order valence-electron chi connectivity index (χ0n) is 14.2. The van der Waals surface area contributed by atoms with Crippen LogP contribution in [0.1, 0.15) is 33.6 Å². The maximum Gasteiger partial charge on any atom is 0.410 e. The number of rotatable bonds is 3. The fourth-order valence-corrected chi connectivity index (χ4v) is 2.50. The number of anilines is 1. The predicted octanol–water partition coefficient (Wildman–Crippen LogP) is 3.14. The van der Waals surface area contributed by atoms with Gasteiger partial charge in [-0.05, 0) is 45.7 Å². The number of hydrogen-bond donors (Lipinski definition) is 2. The molecule has 0 bridgehead atoms. The number of benzene rings is 1. The number of amides is 1. The number of halogens is 2. The molecular formula is C17H24F2N2O3. The third-order valence-electron chi connectivity index (χ3n) is 3.88. The van der Waals surface area contributed by atoms with Gasteiger partial charge in [0, 0.05) is 25.7 Å². The Kier molecular flexibility index (Phi) is 5.32. The predicted molar refractivity (Wildman–Crippen MR) is 86.8 cm³/mol. The number of carbonyl (C=O) groups excluding carboxylic acids is 1. The number of nitrogens with zero attached hydrogens (tertiary/aromatic N) is 1. The van der Waals surface area contributed by atoms with Crippen LogP contribution in [0.5, 0.6) is 0 Å². The van der Waals surface area contributed by atoms with E-state index in [-0.39, 0.29) is 12.2 Å². The van der Waals surface area contributed by atoms with Crippen LogP contribution >= 0.6 is 0 Å². The smallest absolute Gasteiger partial charge is 0.410 e. The van der Waals surface area contributed by atoms with Crippen molar-refractivity contribution in [1.82, 2.24) is 4.90 Å². The van der Waals surface area contributed by atoms with E-state index in [1.54, 1.807) is 25.7 Å². The van der Waals surface area contributed by atoms with Crippen molar-refractivity contribution in [2.75, 3.05) is 25.0 Å². The summed E-state index contributed by atoms with van der Waals surface area (Å²) in [5.41, 5.74) is -1.48. The van der Waals surface area contributed by atoms with E-state index in [1.807, 2.05) is 0 Å². The third kappa shape index (κ3) is 5.06. The summed E-state index contributed by atoms with van der Waals surface area (Å²) < 4.78 is 31.8. The van der Waals surface area contributed by atoms with Crippen molar-refractivity contribution in [3.8, 4) is 0 Å². The van der Waals surface area contributed by atoms with Crippen LogP contribution in [0, 0.1) is 11.6 Å². The van der Waals surface area contributed by atoms with Crippen LogP contribution in [0.3, 0.4) is 0 Å². The van der Waals surface area contributed by atoms with Gasteiger partial charge in [0.05, 0.1) is 11.3 Å². The summed E-state index contributed by atoms with van der Waals surface area (Å²) >= 11 is 0. The Hall–Kier alpha value is -1.89. The molecule has 0 saturated carbocycles. The van der Waals surface area contributed by atoms with E-state index in [9.17, 15) is 18.7 Å². The molecule has 0 unspecified atom stereocenters. The number of piperidine rings is 1. The van der Waals surface area contributed by atoms with Crippen molar-refractivity contribution in [1.29, 1.82) is 0 Å². The Labute approximate surface area is 140 Å². The molecule has 1 aliphatic heterocycles. The lowest BCUT2D eigenvalue weighted by molar-refractivity contribution is -0.0244. The summed E-state index contributed by atoms with van der Waals surface area (Å²) in [5, 5.41) is 13.4. The first-order valence-electron chi connectivity index (χ1n) is 7.97. The van der Waals surface area contributed by atoms with E-state index >= 15 is 0 Å². The monoisotopic (exact) mass is 342 g/mol. The van der Waals surface area contributed by atoms with Gasteiger partial charge >= 0.3 is 6.09 Å². The molecule has 0 radical (unpaired) electrons. The summed E-state index contributed by atoms with van der Waals surface area (Å²) in [7, 11) is 0. The van der Waals surface area contributed by atoms with E-state index in [2.05, 4.69) is 5.32 Å². The second-order valence-corrected chi connectivity index (χ2v) is 7.17. The van der Waals surface area contributed by atoms with Gasteiger partial charge in [-0.1, -0.05) is 0 Å². The van der Waals surface area contributed by atoms with Crippen LogP contribution in [0.2, 0.25) is 0 Å². The Morgan fingerprint density at radius 2 is 1.96 bits per heavy atom. The summed E-state index contributed by atoms with van der Waals surface area (Å²) in [6.07, 6.45) is 0.298. The fraction of sp³-hybridized carbons (Fsp3) is 0.588. The van der Waals surface area contributed by atoms with E-state index in [0.29, 0.717) is 25.9 Å². The van der Waals surface area contributed by atoms with E-state index < -0.39 is 28.9 Å². The lowest BCUT2D eigenvalue weighted by atomic mass is 9.91. The van der Waals surface area contributed by atoms with Crippen molar-refractivity contribution < 1.29 is 23.4 Å². The van der Waals surface area contributed by atoms with Crippen LogP contribution in [-0.2, 0) is 4.74 Å². The largest absolute Gasteiger partial charge is 0.444 e. The maximum absolute atomic E-state index is 13.6. The van der Waals surface area contributed by atoms with Crippen LogP contribution in [-0.4, -0.2) is 46.9 Å². The molecule has 7 heteroatoms. The lowest BCUT2D eigenvalue weighted by Gasteiger charge is -2.38. The standard InChI is InChI=1S/C17H24F2N2O3/c1-16(2,3)24-15(22)21-8-6-17(23,7-9-21)11-20-14-5-4-12(18)10-13(14)19/h4-5,10,20,23H,6-9,11H2,1-3H3. The minimum absolute atomic E-state index is 0.123. The number of hydrogen-bond acceptors (Lipinski definition) is 4. The molecular weight excluding hydrogens is 318 g/mol. The van der Waals surface area contributed by atoms with Gasteiger partial charge in [-0.25, -0.2) is 13.6 Å². The Balaban J connectivity index is 1.87. The molecule has 0 aliphatic carbocycles. The average Bonchev–Trinajstić information content (AvgIpc) is 2.45. The zero-order chi connectivity index (χ0) is 18.0. The molecule has 1 heterocycles. The van der Waals surface area contributed by atoms with Crippen molar-refractivity contribution in [3.05, 3.63) is 29.8 Å². The second kappa shape index (κ2) is 6.93. The first-order chi connectivity index (χ1) is 11.1. The van der Waals surface area contributed by atoms with Gasteiger partial charge in [0.1, 0.15) is 17.2 Å². The average molecular weight is 342 g/mol. The van der Waals surface area contributed by atoms with Gasteiger partial charge in [0.25, 0.3) is 0 Å². The first-order valence-corrected chi connectivity index (χ1v) is 7.97. The molecule has 1 amide bonds. The summed E-state index contributed by atoms with van der Waals surface area (Å²) in [4.78, 5) is 13.6. The van der Waals surface area contributed by atoms with Crippen LogP contribution in [0.4, 0.5) is 19.3 Å². The van der Waals surface area contributed by atoms with Gasteiger partial charge in [0.2, 0.25) is 0 Å². The molecule has 0 atom stereocenters. The van der Waals surface area contributed by atoms with Crippen molar-refractivity contribution in [3.63, 3.8) is 0 Å². The Morgan fingerprint density at radius 1 is 1.33 bits per heavy atom. The fourth-order valence-electron chi connectivity index (χ4n) is 2.50. The summed E-state index contributed by atoms with van der Waals surface area (Å²) in [6, 6.07) is 3.24. The highest BCUT2D eigenvalue weighted by atomic mass is 19.1. The van der Waals surface area contributed by atoms with Crippen LogP contribution in [0.15, 0.2) is 18.2 Å². The number of carbonyl (C=O) groups is 1. The minimum Gasteiger partial charge on any atom is -0.444 e. The summed E-state index contributed by atoms with van der Waals surface area (Å²) in [5.74, 6) is -1.35. The van der Waals surface area contributed by atoms with E-state index in [0.717, 1.165) is 12.1 Å². The Bertz CT molecular complexity index is 594. The van der Waals surface area contributed by atoms with Gasteiger partial charge in [-0.2, -0.15) is 0 Å². The quantitative estimate of drug-likeness (QED) is 0.886. The molecule has 1 aliphatic rings. The molecule has 0 spiro atoms. The highest BCUT2D eigenvalue weighted by molar-refractivity contribution is 5.68. The normalized spacial score (nSPS) is 17.5. The summed E-state index contributed by atoms with van der Waals surface area (Å²) in [6.45, 7) is 6.24. The van der Waals surface area contributed by atoms with Gasteiger partial charge in [-0.3, -0.25) is 0 Å². The van der Waals surface area contributed by atoms with E-state index in [1.165, 1.54) is 6.07 Å². The zero-order valence-corrected chi connectivity index (χ0v) is 14.2. The van der Waals surface area contributed by atoms with E-state index in [4.69, 9.17) is 4.74 Å². The lowest BCUT2D eigenvalue weighted by Crippen LogP contribution is -2.50. The molecule has 134 valence electrons. The van der Waals surface area contributed by atoms with Crippen LogP contribution < -0.4 is 5.32 Å². The molecule has 5 nitrogen and oxygen atoms in total. The minimum atomic E-state index is -1.06. The Morgan fingerprint density at radius 3 is 2.50 bits per heavy atom. The highest BCUT2D eigenvalue weighted by Crippen LogP contribution is 2.25. The number of nitrogens with one attached hydrogen (secondary N) is 1. The molecule has 1 aromatic carbocycles. The second-order valence-electron chi connectivity index (χ2n) is 7.17. The number of likely N-dealkylation sites (tertiary alicyclic amines) is 1. The van der Waals surface area contributed by atoms with Gasteiger partial charge < -0.3 is 20.1 Å². The van der Waals surface area contributed by atoms with Crippen molar-refractivity contribution in [2.24, 2.45) is 0 Å².